The Balaban J connectivity index is 1.90. The first-order valence-electron chi connectivity index (χ1n) is 6.98. The Morgan fingerprint density at radius 2 is 2.00 bits per heavy atom. The van der Waals surface area contributed by atoms with Crippen molar-refractivity contribution in [1.29, 1.82) is 0 Å². The molecule has 0 aromatic heterocycles. The fraction of sp³-hybridized carbons (Fsp3) is 0.167. The first kappa shape index (κ1) is 15.9. The van der Waals surface area contributed by atoms with Crippen LogP contribution in [0.5, 0.6) is 0 Å². The Bertz CT molecular complexity index is 641. The van der Waals surface area contributed by atoms with Crippen molar-refractivity contribution in [3.05, 3.63) is 77.6 Å². The zero-order valence-electron chi connectivity index (χ0n) is 12.3. The molecule has 3 nitrogen and oxygen atoms in total. The van der Waals surface area contributed by atoms with Gasteiger partial charge in [0, 0.05) is 19.7 Å². The molecular formula is C18H18FNO2. The largest absolute Gasteiger partial charge is 0.375 e. The number of amides is 1. The van der Waals surface area contributed by atoms with E-state index in [1.165, 1.54) is 25.3 Å². The van der Waals surface area contributed by atoms with Crippen LogP contribution in [-0.4, -0.2) is 19.6 Å². The lowest BCUT2D eigenvalue weighted by Crippen LogP contribution is -2.27. The van der Waals surface area contributed by atoms with Crippen LogP contribution in [0.25, 0.3) is 6.08 Å². The highest BCUT2D eigenvalue weighted by Gasteiger charge is 2.11. The first-order chi connectivity index (χ1) is 10.7. The van der Waals surface area contributed by atoms with Crippen LogP contribution in [-0.2, 0) is 9.53 Å². The van der Waals surface area contributed by atoms with Gasteiger partial charge in [-0.1, -0.05) is 42.5 Å². The molecule has 0 aliphatic heterocycles. The fourth-order valence-corrected chi connectivity index (χ4v) is 2.03. The van der Waals surface area contributed by atoms with Gasteiger partial charge in [-0.05, 0) is 29.3 Å². The number of halogens is 1. The Hall–Kier alpha value is -2.46. The summed E-state index contributed by atoms with van der Waals surface area (Å²) < 4.78 is 18.5. The lowest BCUT2D eigenvalue weighted by Gasteiger charge is -2.16. The molecule has 0 heterocycles. The Labute approximate surface area is 129 Å². The molecule has 1 N–H and O–H groups in total. The number of hydrogen-bond acceptors (Lipinski definition) is 2. The quantitative estimate of drug-likeness (QED) is 0.831. The molecule has 0 spiro atoms. The van der Waals surface area contributed by atoms with Crippen molar-refractivity contribution in [2.75, 3.05) is 13.7 Å². The lowest BCUT2D eigenvalue weighted by atomic mass is 10.1. The molecule has 0 aliphatic carbocycles. The summed E-state index contributed by atoms with van der Waals surface area (Å²) in [5.41, 5.74) is 1.64. The van der Waals surface area contributed by atoms with E-state index in [0.717, 1.165) is 5.56 Å². The summed E-state index contributed by atoms with van der Waals surface area (Å²) in [6.45, 7) is 0.276. The van der Waals surface area contributed by atoms with Gasteiger partial charge >= 0.3 is 0 Å². The smallest absolute Gasteiger partial charge is 0.244 e. The molecule has 2 rings (SSSR count). The fourth-order valence-electron chi connectivity index (χ4n) is 2.03. The van der Waals surface area contributed by atoms with Gasteiger partial charge in [0.05, 0.1) is 6.10 Å². The van der Waals surface area contributed by atoms with Crippen molar-refractivity contribution in [2.24, 2.45) is 0 Å². The molecule has 114 valence electrons. The molecule has 0 aliphatic rings. The van der Waals surface area contributed by atoms with Gasteiger partial charge in [0.25, 0.3) is 0 Å². The van der Waals surface area contributed by atoms with E-state index in [2.05, 4.69) is 5.32 Å². The summed E-state index contributed by atoms with van der Waals surface area (Å²) in [4.78, 5) is 11.8. The van der Waals surface area contributed by atoms with Crippen LogP contribution in [0.3, 0.4) is 0 Å². The van der Waals surface area contributed by atoms with Crippen LogP contribution in [0, 0.1) is 5.82 Å². The molecule has 0 saturated carbocycles. The second-order valence-electron chi connectivity index (χ2n) is 4.77. The van der Waals surface area contributed by atoms with E-state index in [0.29, 0.717) is 5.56 Å². The predicted octanol–water partition coefficient (Wildman–Crippen LogP) is 3.34. The van der Waals surface area contributed by atoms with E-state index in [1.54, 1.807) is 18.2 Å². The molecule has 0 radical (unpaired) electrons. The van der Waals surface area contributed by atoms with Crippen LogP contribution in [0.15, 0.2) is 60.7 Å². The zero-order valence-corrected chi connectivity index (χ0v) is 12.3. The molecule has 2 aromatic carbocycles. The first-order valence-corrected chi connectivity index (χ1v) is 6.98. The van der Waals surface area contributed by atoms with Crippen molar-refractivity contribution >= 4 is 12.0 Å². The van der Waals surface area contributed by atoms with Gasteiger partial charge in [0.15, 0.2) is 0 Å². The lowest BCUT2D eigenvalue weighted by molar-refractivity contribution is -0.117. The topological polar surface area (TPSA) is 38.3 Å². The zero-order chi connectivity index (χ0) is 15.8. The van der Waals surface area contributed by atoms with E-state index >= 15 is 0 Å². The third-order valence-electron chi connectivity index (χ3n) is 3.19. The van der Waals surface area contributed by atoms with Crippen molar-refractivity contribution in [1.82, 2.24) is 5.32 Å². The number of carbonyl (C=O) groups excluding carboxylic acids is 1. The molecule has 0 saturated heterocycles. The van der Waals surface area contributed by atoms with Gasteiger partial charge in [-0.15, -0.1) is 0 Å². The van der Waals surface area contributed by atoms with Crippen LogP contribution >= 0.6 is 0 Å². The molecule has 0 bridgehead atoms. The average molecular weight is 299 g/mol. The van der Waals surface area contributed by atoms with Gasteiger partial charge in [0.1, 0.15) is 5.82 Å². The number of rotatable bonds is 6. The molecule has 1 amide bonds. The number of benzene rings is 2. The molecule has 22 heavy (non-hydrogen) atoms. The van der Waals surface area contributed by atoms with E-state index in [4.69, 9.17) is 4.74 Å². The molecule has 2 aromatic rings. The van der Waals surface area contributed by atoms with Gasteiger partial charge < -0.3 is 10.1 Å². The molecule has 0 unspecified atom stereocenters. The SMILES string of the molecule is CO[C@@H](CNC(=O)/C=C/c1ccccc1)c1cccc(F)c1. The highest BCUT2D eigenvalue weighted by atomic mass is 19.1. The van der Waals surface area contributed by atoms with E-state index < -0.39 is 0 Å². The van der Waals surface area contributed by atoms with Gasteiger partial charge in [-0.25, -0.2) is 4.39 Å². The Morgan fingerprint density at radius 3 is 2.68 bits per heavy atom. The van der Waals surface area contributed by atoms with Crippen LogP contribution in [0.4, 0.5) is 4.39 Å². The number of ether oxygens (including phenoxy) is 1. The molecule has 1 atom stereocenters. The van der Waals surface area contributed by atoms with Crippen molar-refractivity contribution in [3.63, 3.8) is 0 Å². The summed E-state index contributed by atoms with van der Waals surface area (Å²) in [6.07, 6.45) is 2.82. The van der Waals surface area contributed by atoms with Crippen molar-refractivity contribution in [3.8, 4) is 0 Å². The van der Waals surface area contributed by atoms with Crippen molar-refractivity contribution in [2.45, 2.75) is 6.10 Å². The average Bonchev–Trinajstić information content (AvgIpc) is 2.54. The molecule has 4 heteroatoms. The highest BCUT2D eigenvalue weighted by molar-refractivity contribution is 5.91. The number of carbonyl (C=O) groups is 1. The van der Waals surface area contributed by atoms with Gasteiger partial charge in [-0.2, -0.15) is 0 Å². The summed E-state index contributed by atoms with van der Waals surface area (Å²) in [6, 6.07) is 15.7. The van der Waals surface area contributed by atoms with E-state index in [-0.39, 0.29) is 24.4 Å². The van der Waals surface area contributed by atoms with Crippen LogP contribution in [0.2, 0.25) is 0 Å². The second kappa shape index (κ2) is 8.10. The summed E-state index contributed by atoms with van der Waals surface area (Å²) in [5.74, 6) is -0.544. The summed E-state index contributed by atoms with van der Waals surface area (Å²) in [5, 5.41) is 2.75. The second-order valence-corrected chi connectivity index (χ2v) is 4.77. The normalized spacial score (nSPS) is 12.3. The summed E-state index contributed by atoms with van der Waals surface area (Å²) >= 11 is 0. The van der Waals surface area contributed by atoms with Crippen LogP contribution in [0.1, 0.15) is 17.2 Å². The minimum Gasteiger partial charge on any atom is -0.375 e. The number of hydrogen-bond donors (Lipinski definition) is 1. The maximum absolute atomic E-state index is 13.2. The Kier molecular flexibility index (Phi) is 5.86. The third-order valence-corrected chi connectivity index (χ3v) is 3.19. The summed E-state index contributed by atoms with van der Waals surface area (Å²) in [7, 11) is 1.53. The monoisotopic (exact) mass is 299 g/mol. The number of methoxy groups -OCH3 is 1. The molecular weight excluding hydrogens is 281 g/mol. The standard InChI is InChI=1S/C18H18FNO2/c1-22-17(15-8-5-9-16(19)12-15)13-20-18(21)11-10-14-6-3-2-4-7-14/h2-12,17H,13H2,1H3,(H,20,21)/b11-10+/t17-/m0/s1. The van der Waals surface area contributed by atoms with Gasteiger partial charge in [0.2, 0.25) is 5.91 Å². The van der Waals surface area contributed by atoms with Crippen LogP contribution < -0.4 is 5.32 Å². The minimum absolute atomic E-state index is 0.220. The third kappa shape index (κ3) is 4.82. The molecule has 0 fully saturated rings. The Morgan fingerprint density at radius 1 is 1.23 bits per heavy atom. The van der Waals surface area contributed by atoms with E-state index in [1.807, 2.05) is 30.3 Å². The highest BCUT2D eigenvalue weighted by Crippen LogP contribution is 2.16. The van der Waals surface area contributed by atoms with Gasteiger partial charge in [-0.3, -0.25) is 4.79 Å². The van der Waals surface area contributed by atoms with E-state index in [9.17, 15) is 9.18 Å². The minimum atomic E-state index is -0.384. The maximum atomic E-state index is 13.2. The predicted molar refractivity (Wildman–Crippen MR) is 84.6 cm³/mol. The number of nitrogens with one attached hydrogen (secondary N) is 1. The van der Waals surface area contributed by atoms with Crippen molar-refractivity contribution < 1.29 is 13.9 Å². The maximum Gasteiger partial charge on any atom is 0.244 e.